The van der Waals surface area contributed by atoms with E-state index in [0.29, 0.717) is 17.9 Å². The van der Waals surface area contributed by atoms with Gasteiger partial charge in [0.1, 0.15) is 5.75 Å². The zero-order valence-corrected chi connectivity index (χ0v) is 11.8. The molecular weight excluding hydrogens is 222 g/mol. The number of benzene rings is 1. The van der Waals surface area contributed by atoms with Crippen molar-refractivity contribution in [3.63, 3.8) is 0 Å². The summed E-state index contributed by atoms with van der Waals surface area (Å²) in [5.74, 6) is 2.20. The molecule has 0 heterocycles. The maximum absolute atomic E-state index is 6.18. The number of hydrogen-bond donors (Lipinski definition) is 1. The Morgan fingerprint density at radius 1 is 1.33 bits per heavy atom. The van der Waals surface area contributed by atoms with E-state index in [1.165, 1.54) is 30.4 Å². The summed E-state index contributed by atoms with van der Waals surface area (Å²) in [6, 6.07) is 6.94. The van der Waals surface area contributed by atoms with Crippen molar-refractivity contribution in [2.75, 3.05) is 7.11 Å². The first-order valence-corrected chi connectivity index (χ1v) is 7.04. The second-order valence-electron chi connectivity index (χ2n) is 5.78. The van der Waals surface area contributed by atoms with Gasteiger partial charge in [0, 0.05) is 6.04 Å². The predicted molar refractivity (Wildman–Crippen MR) is 76.1 cm³/mol. The van der Waals surface area contributed by atoms with E-state index in [1.54, 1.807) is 7.11 Å². The van der Waals surface area contributed by atoms with Crippen molar-refractivity contribution in [3.05, 3.63) is 29.3 Å². The van der Waals surface area contributed by atoms with Gasteiger partial charge in [-0.1, -0.05) is 32.4 Å². The molecule has 2 heteroatoms. The molecule has 100 valence electrons. The highest BCUT2D eigenvalue weighted by Gasteiger charge is 2.25. The summed E-state index contributed by atoms with van der Waals surface area (Å²) >= 11 is 0. The average Bonchev–Trinajstić information content (AvgIpc) is 2.75. The third kappa shape index (κ3) is 2.86. The molecule has 0 bridgehead atoms. The molecule has 1 aliphatic carbocycles. The first-order chi connectivity index (χ1) is 8.61. The summed E-state index contributed by atoms with van der Waals surface area (Å²) in [7, 11) is 1.75. The van der Waals surface area contributed by atoms with Crippen LogP contribution < -0.4 is 10.5 Å². The van der Waals surface area contributed by atoms with Crippen LogP contribution in [-0.4, -0.2) is 13.2 Å². The van der Waals surface area contributed by atoms with Gasteiger partial charge in [-0.2, -0.15) is 0 Å². The fourth-order valence-electron chi connectivity index (χ4n) is 2.92. The molecule has 0 radical (unpaired) electrons. The van der Waals surface area contributed by atoms with Crippen LogP contribution in [0.5, 0.6) is 5.75 Å². The minimum absolute atomic E-state index is 0.373. The number of ether oxygens (including phenoxy) is 1. The molecule has 2 rings (SSSR count). The molecule has 18 heavy (non-hydrogen) atoms. The van der Waals surface area contributed by atoms with Gasteiger partial charge in [-0.25, -0.2) is 0 Å². The Morgan fingerprint density at radius 2 is 2.11 bits per heavy atom. The van der Waals surface area contributed by atoms with Gasteiger partial charge in [-0.3, -0.25) is 0 Å². The number of hydrogen-bond acceptors (Lipinski definition) is 2. The topological polar surface area (TPSA) is 35.2 Å². The van der Waals surface area contributed by atoms with Crippen molar-refractivity contribution in [1.82, 2.24) is 0 Å². The molecule has 1 aromatic rings. The lowest BCUT2D eigenvalue weighted by molar-refractivity contribution is 0.399. The Balaban J connectivity index is 2.21. The maximum atomic E-state index is 6.18. The largest absolute Gasteiger partial charge is 0.496 e. The van der Waals surface area contributed by atoms with Crippen LogP contribution in [0, 0.1) is 5.92 Å². The van der Waals surface area contributed by atoms with Gasteiger partial charge >= 0.3 is 0 Å². The minimum Gasteiger partial charge on any atom is -0.496 e. The van der Waals surface area contributed by atoms with Crippen molar-refractivity contribution in [1.29, 1.82) is 0 Å². The first kappa shape index (κ1) is 13.4. The lowest BCUT2D eigenvalue weighted by Crippen LogP contribution is -2.26. The van der Waals surface area contributed by atoms with Crippen LogP contribution in [0.4, 0.5) is 0 Å². The van der Waals surface area contributed by atoms with Gasteiger partial charge in [-0.15, -0.1) is 0 Å². The number of rotatable bonds is 4. The molecule has 0 amide bonds. The molecule has 0 aliphatic heterocycles. The smallest absolute Gasteiger partial charge is 0.122 e. The van der Waals surface area contributed by atoms with Crippen LogP contribution in [0.2, 0.25) is 0 Å². The van der Waals surface area contributed by atoms with Crippen LogP contribution in [0.1, 0.15) is 50.2 Å². The summed E-state index contributed by atoms with van der Waals surface area (Å²) in [6.45, 7) is 4.46. The normalized spacial score (nSPS) is 23.6. The zero-order valence-electron chi connectivity index (χ0n) is 11.8. The standard InChI is InChI=1S/C16H25NO/c1-11(2)12-7-8-16(18-3)14(9-12)10-13-5-4-6-15(13)17/h7-9,11,13,15H,4-6,10,17H2,1-3H3. The van der Waals surface area contributed by atoms with Crippen molar-refractivity contribution < 1.29 is 4.74 Å². The summed E-state index contributed by atoms with van der Waals surface area (Å²) in [6.07, 6.45) is 4.77. The highest BCUT2D eigenvalue weighted by molar-refractivity contribution is 5.38. The van der Waals surface area contributed by atoms with Crippen LogP contribution >= 0.6 is 0 Å². The van der Waals surface area contributed by atoms with Crippen LogP contribution in [0.15, 0.2) is 18.2 Å². The second-order valence-corrected chi connectivity index (χ2v) is 5.78. The van der Waals surface area contributed by atoms with Crippen molar-refractivity contribution in [2.45, 2.75) is 51.5 Å². The molecule has 1 aliphatic rings. The molecule has 0 spiro atoms. The van der Waals surface area contributed by atoms with Gasteiger partial charge in [0.15, 0.2) is 0 Å². The third-order valence-corrected chi connectivity index (χ3v) is 4.17. The van der Waals surface area contributed by atoms with E-state index in [2.05, 4.69) is 32.0 Å². The molecule has 0 aromatic heterocycles. The Bertz CT molecular complexity index is 400. The molecule has 1 fully saturated rings. The molecule has 2 N–H and O–H groups in total. The second kappa shape index (κ2) is 5.75. The van der Waals surface area contributed by atoms with Crippen molar-refractivity contribution >= 4 is 0 Å². The SMILES string of the molecule is COc1ccc(C(C)C)cc1CC1CCCC1N. The highest BCUT2D eigenvalue weighted by Crippen LogP contribution is 2.32. The molecule has 2 unspecified atom stereocenters. The van der Waals surface area contributed by atoms with E-state index in [4.69, 9.17) is 10.5 Å². The van der Waals surface area contributed by atoms with Gasteiger partial charge in [0.05, 0.1) is 7.11 Å². The van der Waals surface area contributed by atoms with Crippen molar-refractivity contribution in [2.24, 2.45) is 11.7 Å². The number of nitrogens with two attached hydrogens (primary N) is 1. The summed E-state index contributed by atoms with van der Waals surface area (Å²) in [5.41, 5.74) is 8.89. The van der Waals surface area contributed by atoms with Crippen LogP contribution in [0.3, 0.4) is 0 Å². The van der Waals surface area contributed by atoms with E-state index >= 15 is 0 Å². The minimum atomic E-state index is 0.373. The number of methoxy groups -OCH3 is 1. The summed E-state index contributed by atoms with van der Waals surface area (Å²) in [5, 5.41) is 0. The molecule has 2 nitrogen and oxygen atoms in total. The van der Waals surface area contributed by atoms with Gasteiger partial charge in [0.2, 0.25) is 0 Å². The quantitative estimate of drug-likeness (QED) is 0.884. The van der Waals surface area contributed by atoms with E-state index in [1.807, 2.05) is 0 Å². The molecule has 1 saturated carbocycles. The Kier molecular flexibility index (Phi) is 4.28. The zero-order chi connectivity index (χ0) is 13.1. The van der Waals surface area contributed by atoms with E-state index in [9.17, 15) is 0 Å². The fourth-order valence-corrected chi connectivity index (χ4v) is 2.92. The highest BCUT2D eigenvalue weighted by atomic mass is 16.5. The van der Waals surface area contributed by atoms with E-state index < -0.39 is 0 Å². The molecular formula is C16H25NO. The molecule has 2 atom stereocenters. The Labute approximate surface area is 111 Å². The summed E-state index contributed by atoms with van der Waals surface area (Å²) in [4.78, 5) is 0. The first-order valence-electron chi connectivity index (χ1n) is 7.04. The summed E-state index contributed by atoms with van der Waals surface area (Å²) < 4.78 is 5.48. The molecule has 1 aromatic carbocycles. The Hall–Kier alpha value is -1.02. The Morgan fingerprint density at radius 3 is 2.67 bits per heavy atom. The van der Waals surface area contributed by atoms with Gasteiger partial charge < -0.3 is 10.5 Å². The van der Waals surface area contributed by atoms with E-state index in [0.717, 1.165) is 12.2 Å². The fraction of sp³-hybridized carbons (Fsp3) is 0.625. The van der Waals surface area contributed by atoms with Crippen LogP contribution in [-0.2, 0) is 6.42 Å². The molecule has 0 saturated heterocycles. The van der Waals surface area contributed by atoms with Crippen molar-refractivity contribution in [3.8, 4) is 5.75 Å². The van der Waals surface area contributed by atoms with E-state index in [-0.39, 0.29) is 0 Å². The monoisotopic (exact) mass is 247 g/mol. The third-order valence-electron chi connectivity index (χ3n) is 4.17. The lowest BCUT2D eigenvalue weighted by atomic mass is 9.91. The average molecular weight is 247 g/mol. The van der Waals surface area contributed by atoms with Gasteiger partial charge in [0.25, 0.3) is 0 Å². The maximum Gasteiger partial charge on any atom is 0.122 e. The van der Waals surface area contributed by atoms with Crippen LogP contribution in [0.25, 0.3) is 0 Å². The predicted octanol–water partition coefficient (Wildman–Crippen LogP) is 3.49. The van der Waals surface area contributed by atoms with Gasteiger partial charge in [-0.05, 0) is 48.3 Å². The lowest BCUT2D eigenvalue weighted by Gasteiger charge is -2.18.